The highest BCUT2D eigenvalue weighted by molar-refractivity contribution is 7.23. The van der Waals surface area contributed by atoms with Gasteiger partial charge in [0.05, 0.1) is 27.3 Å². The van der Waals surface area contributed by atoms with Crippen LogP contribution >= 0.6 is 11.3 Å². The van der Waals surface area contributed by atoms with Crippen molar-refractivity contribution in [2.45, 2.75) is 0 Å². The molecule has 7 aromatic carbocycles. The maximum absolute atomic E-state index is 5.30. The van der Waals surface area contributed by atoms with E-state index in [1.54, 1.807) is 0 Å². The smallest absolute Gasteiger partial charge is 0.160 e. The van der Waals surface area contributed by atoms with E-state index in [9.17, 15) is 0 Å². The fraction of sp³-hybridized carbons (Fsp3) is 0. The van der Waals surface area contributed by atoms with Crippen LogP contribution in [0.5, 0.6) is 0 Å². The Balaban J connectivity index is 1.24. The van der Waals surface area contributed by atoms with Crippen molar-refractivity contribution in [3.8, 4) is 66.7 Å². The maximum Gasteiger partial charge on any atom is 0.160 e. The number of aromatic nitrogens is 3. The Morgan fingerprint density at radius 3 is 1.75 bits per heavy atom. The fourth-order valence-corrected chi connectivity index (χ4v) is 8.66. The van der Waals surface area contributed by atoms with E-state index in [4.69, 9.17) is 15.0 Å². The monoisotopic (exact) mass is 693 g/mol. The first-order chi connectivity index (χ1) is 26.3. The summed E-state index contributed by atoms with van der Waals surface area (Å²) in [6.07, 6.45) is 0. The number of pyridine rings is 1. The van der Waals surface area contributed by atoms with Gasteiger partial charge in [-0.15, -0.1) is 11.3 Å². The van der Waals surface area contributed by atoms with Crippen molar-refractivity contribution in [2.75, 3.05) is 0 Å². The van der Waals surface area contributed by atoms with Crippen molar-refractivity contribution in [3.63, 3.8) is 0 Å². The molecule has 3 nitrogen and oxygen atoms in total. The van der Waals surface area contributed by atoms with Gasteiger partial charge in [0, 0.05) is 43.5 Å². The van der Waals surface area contributed by atoms with Crippen LogP contribution in [0.1, 0.15) is 0 Å². The van der Waals surface area contributed by atoms with Gasteiger partial charge in [-0.25, -0.2) is 15.0 Å². The third kappa shape index (κ3) is 5.66. The lowest BCUT2D eigenvalue weighted by Gasteiger charge is -2.12. The second kappa shape index (κ2) is 13.1. The molecule has 0 spiro atoms. The van der Waals surface area contributed by atoms with Crippen LogP contribution in [0.15, 0.2) is 188 Å². The zero-order chi connectivity index (χ0) is 35.1. The van der Waals surface area contributed by atoms with E-state index in [2.05, 4.69) is 164 Å². The van der Waals surface area contributed by atoms with E-state index >= 15 is 0 Å². The van der Waals surface area contributed by atoms with Crippen LogP contribution in [0.4, 0.5) is 0 Å². The Hall–Kier alpha value is -6.75. The average Bonchev–Trinajstić information content (AvgIpc) is 3.65. The molecular formula is C49H31N3S. The summed E-state index contributed by atoms with van der Waals surface area (Å²) in [6.45, 7) is 0. The van der Waals surface area contributed by atoms with Crippen molar-refractivity contribution in [1.82, 2.24) is 15.0 Å². The number of fused-ring (bicyclic) bond motifs is 4. The first-order valence-corrected chi connectivity index (χ1v) is 18.6. The molecule has 0 amide bonds. The van der Waals surface area contributed by atoms with Crippen LogP contribution in [-0.4, -0.2) is 15.0 Å². The van der Waals surface area contributed by atoms with E-state index in [0.29, 0.717) is 5.82 Å². The fourth-order valence-electron chi connectivity index (χ4n) is 7.31. The van der Waals surface area contributed by atoms with Crippen LogP contribution in [0, 0.1) is 0 Å². The second-order valence-corrected chi connectivity index (χ2v) is 14.2. The summed E-state index contributed by atoms with van der Waals surface area (Å²) in [5, 5.41) is 4.83. The van der Waals surface area contributed by atoms with Crippen LogP contribution in [0.2, 0.25) is 0 Å². The predicted molar refractivity (Wildman–Crippen MR) is 223 cm³/mol. The van der Waals surface area contributed by atoms with Crippen LogP contribution in [0.25, 0.3) is 98.5 Å². The molecule has 0 aliphatic heterocycles. The number of hydrogen-bond acceptors (Lipinski definition) is 4. The lowest BCUT2D eigenvalue weighted by molar-refractivity contribution is 1.18. The lowest BCUT2D eigenvalue weighted by atomic mass is 9.93. The molecule has 0 saturated carbocycles. The molecule has 4 heteroatoms. The van der Waals surface area contributed by atoms with Crippen molar-refractivity contribution in [2.24, 2.45) is 0 Å². The van der Waals surface area contributed by atoms with Crippen LogP contribution < -0.4 is 0 Å². The Labute approximate surface area is 311 Å². The summed E-state index contributed by atoms with van der Waals surface area (Å²) in [5.74, 6) is 0.705. The van der Waals surface area contributed by atoms with Gasteiger partial charge in [-0.05, 0) is 46.2 Å². The maximum atomic E-state index is 5.30. The molecule has 10 aromatic rings. The minimum atomic E-state index is 0.705. The van der Waals surface area contributed by atoms with Gasteiger partial charge >= 0.3 is 0 Å². The van der Waals surface area contributed by atoms with Gasteiger partial charge in [0.25, 0.3) is 0 Å². The van der Waals surface area contributed by atoms with Gasteiger partial charge in [0.1, 0.15) is 0 Å². The summed E-state index contributed by atoms with van der Waals surface area (Å²) in [5.41, 5.74) is 11.5. The molecule has 248 valence electrons. The quantitative estimate of drug-likeness (QED) is 0.174. The highest BCUT2D eigenvalue weighted by atomic mass is 32.1. The first-order valence-electron chi connectivity index (χ1n) is 17.8. The molecule has 0 aliphatic rings. The molecular weight excluding hydrogens is 663 g/mol. The summed E-state index contributed by atoms with van der Waals surface area (Å²) in [4.78, 5) is 16.7. The van der Waals surface area contributed by atoms with Gasteiger partial charge < -0.3 is 0 Å². The summed E-state index contributed by atoms with van der Waals surface area (Å²) in [6, 6.07) is 66.1. The highest BCUT2D eigenvalue weighted by Crippen LogP contribution is 2.50. The molecule has 0 N–H and O–H groups in total. The van der Waals surface area contributed by atoms with Crippen molar-refractivity contribution in [3.05, 3.63) is 188 Å². The van der Waals surface area contributed by atoms with Crippen molar-refractivity contribution < 1.29 is 0 Å². The van der Waals surface area contributed by atoms with E-state index in [1.165, 1.54) is 36.9 Å². The standard InChI is InChI=1S/C49H31N3S/c1-4-16-33(17-5-1)42-31-43(52-49(51-42)35-20-8-3-9-21-35)37-23-14-24-39(30-37)47-44(38-28-27-32-15-10-11-22-36(32)29-38)45-40-25-12-13-26-41(40)50-46(48(45)53-47)34-18-6-2-7-19-34/h1-31H. The minimum Gasteiger partial charge on any atom is -0.246 e. The van der Waals surface area contributed by atoms with Gasteiger partial charge in [0.2, 0.25) is 0 Å². The predicted octanol–water partition coefficient (Wildman–Crippen LogP) is 13.4. The average molecular weight is 694 g/mol. The van der Waals surface area contributed by atoms with E-state index in [-0.39, 0.29) is 0 Å². The van der Waals surface area contributed by atoms with Gasteiger partial charge in [-0.2, -0.15) is 0 Å². The first kappa shape index (κ1) is 31.0. The van der Waals surface area contributed by atoms with Gasteiger partial charge in [0.15, 0.2) is 5.82 Å². The number of nitrogens with zero attached hydrogens (tertiary/aromatic N) is 3. The highest BCUT2D eigenvalue weighted by Gasteiger charge is 2.23. The van der Waals surface area contributed by atoms with E-state index in [1.807, 2.05) is 35.6 Å². The lowest BCUT2D eigenvalue weighted by Crippen LogP contribution is -1.96. The Morgan fingerprint density at radius 1 is 0.377 bits per heavy atom. The Kier molecular flexibility index (Phi) is 7.67. The third-order valence-electron chi connectivity index (χ3n) is 9.86. The summed E-state index contributed by atoms with van der Waals surface area (Å²) >= 11 is 1.82. The molecule has 0 bridgehead atoms. The van der Waals surface area contributed by atoms with Crippen LogP contribution in [0.3, 0.4) is 0 Å². The molecule has 0 unspecified atom stereocenters. The van der Waals surface area contributed by atoms with Crippen LogP contribution in [-0.2, 0) is 0 Å². The zero-order valence-corrected chi connectivity index (χ0v) is 29.5. The topological polar surface area (TPSA) is 38.7 Å². The molecule has 53 heavy (non-hydrogen) atoms. The Bertz CT molecular complexity index is 2880. The Morgan fingerprint density at radius 2 is 0.981 bits per heavy atom. The van der Waals surface area contributed by atoms with E-state index < -0.39 is 0 Å². The molecule has 0 saturated heterocycles. The third-order valence-corrected chi connectivity index (χ3v) is 11.1. The number of benzene rings is 7. The van der Waals surface area contributed by atoms with Gasteiger partial charge in [-0.1, -0.05) is 164 Å². The van der Waals surface area contributed by atoms with Crippen molar-refractivity contribution in [1.29, 1.82) is 0 Å². The van der Waals surface area contributed by atoms with Gasteiger partial charge in [-0.3, -0.25) is 0 Å². The summed E-state index contributed by atoms with van der Waals surface area (Å²) < 4.78 is 1.18. The van der Waals surface area contributed by atoms with Crippen molar-refractivity contribution >= 4 is 43.1 Å². The number of para-hydroxylation sites is 1. The molecule has 0 atom stereocenters. The number of hydrogen-bond donors (Lipinski definition) is 0. The van der Waals surface area contributed by atoms with E-state index in [0.717, 1.165) is 55.8 Å². The second-order valence-electron chi connectivity index (χ2n) is 13.2. The minimum absolute atomic E-state index is 0.705. The zero-order valence-electron chi connectivity index (χ0n) is 28.6. The SMILES string of the molecule is c1ccc(-c2cc(-c3cccc(-c4sc5c(-c6ccccc6)nc6ccccc6c5c4-c4ccc5ccccc5c4)c3)nc(-c3ccccc3)n2)cc1. The molecule has 3 heterocycles. The normalized spacial score (nSPS) is 11.4. The molecule has 0 radical (unpaired) electrons. The molecule has 10 rings (SSSR count). The molecule has 0 fully saturated rings. The molecule has 3 aromatic heterocycles. The summed E-state index contributed by atoms with van der Waals surface area (Å²) in [7, 11) is 0. The molecule has 0 aliphatic carbocycles. The largest absolute Gasteiger partial charge is 0.246 e. The number of rotatable bonds is 6. The number of thiophene rings is 1.